The Morgan fingerprint density at radius 1 is 1.41 bits per heavy atom. The van der Waals surface area contributed by atoms with Gasteiger partial charge in [-0.1, -0.05) is 12.1 Å². The summed E-state index contributed by atoms with van der Waals surface area (Å²) in [4.78, 5) is 3.77. The van der Waals surface area contributed by atoms with Crippen molar-refractivity contribution in [2.24, 2.45) is 0 Å². The van der Waals surface area contributed by atoms with Gasteiger partial charge >= 0.3 is 0 Å². The molecule has 0 radical (unpaired) electrons. The second kappa shape index (κ2) is 6.11. The third-order valence-electron chi connectivity index (χ3n) is 3.21. The molecule has 0 saturated carbocycles. The van der Waals surface area contributed by atoms with Crippen LogP contribution in [-0.2, 0) is 26.4 Å². The van der Waals surface area contributed by atoms with Crippen LogP contribution in [0.4, 0.5) is 4.39 Å². The molecule has 1 heterocycles. The molecule has 9 heteroatoms. The molecule has 2 rings (SSSR count). The van der Waals surface area contributed by atoms with E-state index in [1.54, 1.807) is 0 Å². The number of benzene rings is 1. The highest BCUT2D eigenvalue weighted by Gasteiger charge is 2.39. The van der Waals surface area contributed by atoms with Crippen molar-refractivity contribution >= 4 is 10.1 Å². The maximum atomic E-state index is 13.1. The second-order valence-corrected chi connectivity index (χ2v) is 6.57. The van der Waals surface area contributed by atoms with E-state index in [1.165, 1.54) is 48.5 Å². The quantitative estimate of drug-likeness (QED) is 0.783. The number of nitrogens with zero attached hydrogens (tertiary/aromatic N) is 3. The Hall–Kier alpha value is -1.84. The zero-order chi connectivity index (χ0) is 16.4. The van der Waals surface area contributed by atoms with Crippen molar-refractivity contribution in [1.82, 2.24) is 14.8 Å². The summed E-state index contributed by atoms with van der Waals surface area (Å²) in [7, 11) is -3.78. The minimum atomic E-state index is -3.78. The van der Waals surface area contributed by atoms with Gasteiger partial charge in [0.25, 0.3) is 10.1 Å². The van der Waals surface area contributed by atoms with E-state index < -0.39 is 27.6 Å². The molecule has 0 aliphatic heterocycles. The minimum absolute atomic E-state index is 0.102. The van der Waals surface area contributed by atoms with Crippen LogP contribution in [0.25, 0.3) is 0 Å². The molecule has 2 atom stereocenters. The van der Waals surface area contributed by atoms with E-state index in [0.717, 1.165) is 6.26 Å². The molecule has 0 aliphatic rings. The molecule has 1 aromatic carbocycles. The maximum absolute atomic E-state index is 13.1. The average Bonchev–Trinajstić information content (AvgIpc) is 2.90. The molecule has 120 valence electrons. The molecule has 2 aromatic rings. The molecule has 22 heavy (non-hydrogen) atoms. The van der Waals surface area contributed by atoms with E-state index in [4.69, 9.17) is 4.18 Å². The third kappa shape index (κ3) is 3.87. The number of aromatic nitrogens is 3. The van der Waals surface area contributed by atoms with E-state index in [0.29, 0.717) is 5.56 Å². The normalized spacial score (nSPS) is 16.2. The number of hydrogen-bond acceptors (Lipinski definition) is 6. The molecule has 7 nitrogen and oxygen atoms in total. The largest absolute Gasteiger partial charge is 0.380 e. The zero-order valence-corrected chi connectivity index (χ0v) is 12.9. The average molecular weight is 329 g/mol. The Morgan fingerprint density at radius 2 is 2.05 bits per heavy atom. The molecular formula is C13H16FN3O4S. The minimum Gasteiger partial charge on any atom is -0.380 e. The Morgan fingerprint density at radius 3 is 2.55 bits per heavy atom. The lowest BCUT2D eigenvalue weighted by Crippen LogP contribution is -2.44. The molecule has 1 aromatic heterocycles. The van der Waals surface area contributed by atoms with Crippen LogP contribution in [0.3, 0.4) is 0 Å². The summed E-state index contributed by atoms with van der Waals surface area (Å²) in [5.74, 6) is -0.469. The van der Waals surface area contributed by atoms with E-state index in [1.807, 2.05) is 0 Å². The first kappa shape index (κ1) is 16.5. The fourth-order valence-electron chi connectivity index (χ4n) is 2.10. The summed E-state index contributed by atoms with van der Waals surface area (Å²) in [6, 6.07) is 5.09. The predicted molar refractivity (Wildman–Crippen MR) is 75.7 cm³/mol. The van der Waals surface area contributed by atoms with Gasteiger partial charge in [-0.15, -0.1) is 0 Å². The highest BCUT2D eigenvalue weighted by molar-refractivity contribution is 7.86. The van der Waals surface area contributed by atoms with Gasteiger partial charge in [-0.3, -0.25) is 4.18 Å². The highest BCUT2D eigenvalue weighted by atomic mass is 32.2. The van der Waals surface area contributed by atoms with Gasteiger partial charge in [0.15, 0.2) is 0 Å². The number of rotatable bonds is 6. The molecule has 0 amide bonds. The van der Waals surface area contributed by atoms with Crippen molar-refractivity contribution in [3.63, 3.8) is 0 Å². The smallest absolute Gasteiger partial charge is 0.264 e. The van der Waals surface area contributed by atoms with Crippen molar-refractivity contribution < 1.29 is 22.1 Å². The van der Waals surface area contributed by atoms with Gasteiger partial charge in [-0.05, 0) is 24.6 Å². The first-order valence-corrected chi connectivity index (χ1v) is 8.21. The molecule has 0 bridgehead atoms. The summed E-state index contributed by atoms with van der Waals surface area (Å²) in [5.41, 5.74) is -1.43. The maximum Gasteiger partial charge on any atom is 0.264 e. The van der Waals surface area contributed by atoms with Gasteiger partial charge in [0.2, 0.25) is 0 Å². The van der Waals surface area contributed by atoms with Crippen molar-refractivity contribution in [1.29, 1.82) is 0 Å². The van der Waals surface area contributed by atoms with Crippen LogP contribution in [0, 0.1) is 5.82 Å². The van der Waals surface area contributed by atoms with Gasteiger partial charge in [-0.25, -0.2) is 14.1 Å². The Bertz CT molecular complexity index is 718. The summed E-state index contributed by atoms with van der Waals surface area (Å²) in [6.07, 6.45) is 2.44. The summed E-state index contributed by atoms with van der Waals surface area (Å²) in [5, 5.41) is 14.9. The number of hydrogen-bond donors (Lipinski definition) is 1. The fraction of sp³-hybridized carbons (Fsp3) is 0.385. The highest BCUT2D eigenvalue weighted by Crippen LogP contribution is 2.30. The van der Waals surface area contributed by atoms with Gasteiger partial charge in [-0.2, -0.15) is 13.5 Å². The standard InChI is InChI=1S/C13H16FN3O4S/c1-10(21-22(2,19)20)13(18,7-17-9-15-8-16-17)11-3-5-12(14)6-4-11/h3-6,8-10,18H,7H2,1-2H3/t10-,13+/m1/s1. The molecular weight excluding hydrogens is 313 g/mol. The fourth-order valence-corrected chi connectivity index (χ4v) is 2.78. The summed E-state index contributed by atoms with van der Waals surface area (Å²) < 4.78 is 42.0. The Balaban J connectivity index is 2.40. The van der Waals surface area contributed by atoms with E-state index >= 15 is 0 Å². The lowest BCUT2D eigenvalue weighted by atomic mass is 9.89. The summed E-state index contributed by atoms with van der Waals surface area (Å²) >= 11 is 0. The Labute approximate surface area is 127 Å². The van der Waals surface area contributed by atoms with Gasteiger partial charge in [0, 0.05) is 0 Å². The van der Waals surface area contributed by atoms with Crippen LogP contribution in [0.5, 0.6) is 0 Å². The predicted octanol–water partition coefficient (Wildman–Crippen LogP) is 0.670. The lowest BCUT2D eigenvalue weighted by molar-refractivity contribution is -0.0712. The van der Waals surface area contributed by atoms with E-state index in [9.17, 15) is 17.9 Å². The summed E-state index contributed by atoms with van der Waals surface area (Å²) in [6.45, 7) is 1.32. The van der Waals surface area contributed by atoms with Crippen LogP contribution in [-0.4, -0.2) is 40.6 Å². The van der Waals surface area contributed by atoms with E-state index in [-0.39, 0.29) is 6.54 Å². The molecule has 0 unspecified atom stereocenters. The molecule has 1 N–H and O–H groups in total. The monoisotopic (exact) mass is 329 g/mol. The van der Waals surface area contributed by atoms with Crippen molar-refractivity contribution in [3.8, 4) is 0 Å². The van der Waals surface area contributed by atoms with Gasteiger partial charge < -0.3 is 5.11 Å². The second-order valence-electron chi connectivity index (χ2n) is 4.97. The number of aliphatic hydroxyl groups is 1. The molecule has 0 saturated heterocycles. The van der Waals surface area contributed by atoms with Crippen LogP contribution < -0.4 is 0 Å². The van der Waals surface area contributed by atoms with Crippen molar-refractivity contribution in [2.45, 2.75) is 25.2 Å². The topological polar surface area (TPSA) is 94.3 Å². The first-order chi connectivity index (χ1) is 10.2. The SMILES string of the molecule is C[C@@H](OS(C)(=O)=O)[C@@](O)(Cn1cncn1)c1ccc(F)cc1. The van der Waals surface area contributed by atoms with Crippen LogP contribution in [0.1, 0.15) is 12.5 Å². The van der Waals surface area contributed by atoms with Gasteiger partial charge in [0.1, 0.15) is 30.2 Å². The zero-order valence-electron chi connectivity index (χ0n) is 12.0. The van der Waals surface area contributed by atoms with Crippen molar-refractivity contribution in [2.75, 3.05) is 6.26 Å². The van der Waals surface area contributed by atoms with Crippen molar-refractivity contribution in [3.05, 3.63) is 48.3 Å². The molecule has 0 aliphatic carbocycles. The Kier molecular flexibility index (Phi) is 4.59. The van der Waals surface area contributed by atoms with Gasteiger partial charge in [0.05, 0.1) is 12.8 Å². The molecule has 0 spiro atoms. The van der Waals surface area contributed by atoms with Crippen LogP contribution in [0.15, 0.2) is 36.9 Å². The van der Waals surface area contributed by atoms with Crippen LogP contribution in [0.2, 0.25) is 0 Å². The number of halogens is 1. The lowest BCUT2D eigenvalue weighted by Gasteiger charge is -2.33. The van der Waals surface area contributed by atoms with E-state index in [2.05, 4.69) is 10.1 Å². The molecule has 0 fully saturated rings. The third-order valence-corrected chi connectivity index (χ3v) is 3.84. The first-order valence-electron chi connectivity index (χ1n) is 6.40. The van der Waals surface area contributed by atoms with Crippen LogP contribution >= 0.6 is 0 Å².